The van der Waals surface area contributed by atoms with Crippen molar-refractivity contribution in [3.63, 3.8) is 0 Å². The molecule has 0 bridgehead atoms. The Kier molecular flexibility index (Phi) is 8.19. The van der Waals surface area contributed by atoms with E-state index in [1.807, 2.05) is 13.0 Å². The molecule has 1 fully saturated rings. The number of β-amino-alcohol motifs (C(OH)–C–C–N with tert-alkyl or cyclic N) is 1. The smallest absolute Gasteiger partial charge is 0.233 e. The standard InChI is InChI=1S/C14H26N4O2/c1-12(19)11-18-7-3-13(4-8-18)9-16-10-14(20)17-6-2-5-15/h12-13,16,19H,2-4,6-11H2,1H3,(H,17,20)/t12-/m1/s1. The molecule has 0 aromatic rings. The van der Waals surface area contributed by atoms with Crippen LogP contribution < -0.4 is 10.6 Å². The van der Waals surface area contributed by atoms with Crippen LogP contribution in [-0.4, -0.2) is 61.3 Å². The number of nitriles is 1. The number of carbonyl (C=O) groups is 1. The topological polar surface area (TPSA) is 88.4 Å². The van der Waals surface area contributed by atoms with Gasteiger partial charge >= 0.3 is 0 Å². The molecule has 6 nitrogen and oxygen atoms in total. The van der Waals surface area contributed by atoms with Gasteiger partial charge in [-0.15, -0.1) is 0 Å². The fourth-order valence-corrected chi connectivity index (χ4v) is 2.46. The van der Waals surface area contributed by atoms with Crippen molar-refractivity contribution in [2.45, 2.75) is 32.3 Å². The zero-order valence-electron chi connectivity index (χ0n) is 12.3. The molecular weight excluding hydrogens is 256 g/mol. The number of piperidine rings is 1. The maximum Gasteiger partial charge on any atom is 0.233 e. The van der Waals surface area contributed by atoms with Crippen LogP contribution >= 0.6 is 0 Å². The molecule has 0 aliphatic carbocycles. The highest BCUT2D eigenvalue weighted by molar-refractivity contribution is 5.77. The Labute approximate surface area is 121 Å². The summed E-state index contributed by atoms with van der Waals surface area (Å²) in [6.07, 6.45) is 2.31. The maximum atomic E-state index is 11.4. The predicted octanol–water partition coefficient (Wildman–Crippen LogP) is -0.301. The fraction of sp³-hybridized carbons (Fsp3) is 0.857. The van der Waals surface area contributed by atoms with Crippen LogP contribution in [0.1, 0.15) is 26.2 Å². The van der Waals surface area contributed by atoms with Gasteiger partial charge in [-0.2, -0.15) is 5.26 Å². The van der Waals surface area contributed by atoms with Crippen LogP contribution in [-0.2, 0) is 4.79 Å². The van der Waals surface area contributed by atoms with Gasteiger partial charge < -0.3 is 20.6 Å². The van der Waals surface area contributed by atoms with Crippen LogP contribution in [0.4, 0.5) is 0 Å². The summed E-state index contributed by atoms with van der Waals surface area (Å²) >= 11 is 0. The fourth-order valence-electron chi connectivity index (χ4n) is 2.46. The highest BCUT2D eigenvalue weighted by Gasteiger charge is 2.19. The lowest BCUT2D eigenvalue weighted by Crippen LogP contribution is -2.42. The summed E-state index contributed by atoms with van der Waals surface area (Å²) < 4.78 is 0. The molecule has 1 heterocycles. The van der Waals surface area contributed by atoms with E-state index in [2.05, 4.69) is 15.5 Å². The van der Waals surface area contributed by atoms with E-state index in [-0.39, 0.29) is 12.0 Å². The van der Waals surface area contributed by atoms with E-state index in [4.69, 9.17) is 5.26 Å². The lowest BCUT2D eigenvalue weighted by Gasteiger charge is -2.32. The number of amides is 1. The molecule has 1 amide bonds. The van der Waals surface area contributed by atoms with E-state index in [1.165, 1.54) is 0 Å². The zero-order chi connectivity index (χ0) is 14.8. The molecule has 0 saturated carbocycles. The number of nitrogens with one attached hydrogen (secondary N) is 2. The molecule has 1 aliphatic rings. The van der Waals surface area contributed by atoms with E-state index >= 15 is 0 Å². The second-order valence-electron chi connectivity index (χ2n) is 5.48. The summed E-state index contributed by atoms with van der Waals surface area (Å²) in [6.45, 7) is 6.21. The normalized spacial score (nSPS) is 18.4. The van der Waals surface area contributed by atoms with Crippen LogP contribution in [0.25, 0.3) is 0 Å². The zero-order valence-corrected chi connectivity index (χ0v) is 12.3. The Bertz CT molecular complexity index is 320. The number of nitrogens with zero attached hydrogens (tertiary/aromatic N) is 2. The lowest BCUT2D eigenvalue weighted by molar-refractivity contribution is -0.120. The van der Waals surface area contributed by atoms with Gasteiger partial charge in [0, 0.05) is 13.1 Å². The molecule has 114 valence electrons. The van der Waals surface area contributed by atoms with Crippen LogP contribution in [0.5, 0.6) is 0 Å². The van der Waals surface area contributed by atoms with Crippen LogP contribution in [0.2, 0.25) is 0 Å². The quantitative estimate of drug-likeness (QED) is 0.532. The van der Waals surface area contributed by atoms with Gasteiger partial charge in [0.05, 0.1) is 25.1 Å². The van der Waals surface area contributed by atoms with Gasteiger partial charge in [-0.25, -0.2) is 0 Å². The Morgan fingerprint density at radius 3 is 2.80 bits per heavy atom. The molecule has 6 heteroatoms. The maximum absolute atomic E-state index is 11.4. The summed E-state index contributed by atoms with van der Waals surface area (Å²) in [5.41, 5.74) is 0. The van der Waals surface area contributed by atoms with Gasteiger partial charge in [-0.3, -0.25) is 4.79 Å². The van der Waals surface area contributed by atoms with Crippen molar-refractivity contribution in [1.29, 1.82) is 5.26 Å². The minimum absolute atomic E-state index is 0.0493. The molecule has 1 rings (SSSR count). The van der Waals surface area contributed by atoms with Gasteiger partial charge in [-0.1, -0.05) is 0 Å². The number of aliphatic hydroxyl groups excluding tert-OH is 1. The van der Waals surface area contributed by atoms with Crippen molar-refractivity contribution in [1.82, 2.24) is 15.5 Å². The van der Waals surface area contributed by atoms with Crippen molar-refractivity contribution < 1.29 is 9.90 Å². The average Bonchev–Trinajstić information content (AvgIpc) is 2.40. The minimum atomic E-state index is -0.262. The van der Waals surface area contributed by atoms with Gasteiger partial charge in [0.15, 0.2) is 0 Å². The lowest BCUT2D eigenvalue weighted by atomic mass is 9.96. The minimum Gasteiger partial charge on any atom is -0.392 e. The molecule has 1 atom stereocenters. The Hall–Kier alpha value is -1.16. The average molecular weight is 282 g/mol. The first-order valence-corrected chi connectivity index (χ1v) is 7.36. The van der Waals surface area contributed by atoms with E-state index < -0.39 is 0 Å². The van der Waals surface area contributed by atoms with Gasteiger partial charge in [0.1, 0.15) is 0 Å². The number of carbonyl (C=O) groups excluding carboxylic acids is 1. The first-order valence-electron chi connectivity index (χ1n) is 7.36. The van der Waals surface area contributed by atoms with Crippen molar-refractivity contribution in [3.8, 4) is 6.07 Å². The largest absolute Gasteiger partial charge is 0.392 e. The van der Waals surface area contributed by atoms with E-state index in [0.717, 1.165) is 39.0 Å². The van der Waals surface area contributed by atoms with E-state index in [1.54, 1.807) is 0 Å². The SMILES string of the molecule is C[C@@H](O)CN1CCC(CNCC(=O)NCCC#N)CC1. The van der Waals surface area contributed by atoms with Crippen molar-refractivity contribution >= 4 is 5.91 Å². The molecule has 3 N–H and O–H groups in total. The number of aliphatic hydroxyl groups is 1. The third-order valence-electron chi connectivity index (χ3n) is 3.51. The molecule has 20 heavy (non-hydrogen) atoms. The Morgan fingerprint density at radius 2 is 2.20 bits per heavy atom. The molecule has 1 saturated heterocycles. The Balaban J connectivity index is 2.04. The van der Waals surface area contributed by atoms with Gasteiger partial charge in [-0.05, 0) is 45.3 Å². The van der Waals surface area contributed by atoms with Crippen LogP contribution in [0.3, 0.4) is 0 Å². The van der Waals surface area contributed by atoms with E-state index in [9.17, 15) is 9.90 Å². The first kappa shape index (κ1) is 16.9. The molecule has 0 aromatic heterocycles. The number of likely N-dealkylation sites (tertiary alicyclic amines) is 1. The first-order chi connectivity index (χ1) is 9.61. The Morgan fingerprint density at radius 1 is 1.50 bits per heavy atom. The summed E-state index contributed by atoms with van der Waals surface area (Å²) in [6, 6.07) is 1.99. The van der Waals surface area contributed by atoms with Crippen molar-refractivity contribution in [2.24, 2.45) is 5.92 Å². The van der Waals surface area contributed by atoms with Crippen LogP contribution in [0.15, 0.2) is 0 Å². The predicted molar refractivity (Wildman–Crippen MR) is 77.0 cm³/mol. The highest BCUT2D eigenvalue weighted by Crippen LogP contribution is 2.16. The number of hydrogen-bond acceptors (Lipinski definition) is 5. The molecule has 0 aromatic carbocycles. The summed E-state index contributed by atoms with van der Waals surface area (Å²) in [5.74, 6) is 0.555. The second-order valence-corrected chi connectivity index (χ2v) is 5.48. The van der Waals surface area contributed by atoms with Crippen molar-refractivity contribution in [3.05, 3.63) is 0 Å². The summed E-state index contributed by atoms with van der Waals surface area (Å²) in [5, 5.41) is 23.6. The van der Waals surface area contributed by atoms with Crippen LogP contribution in [0, 0.1) is 17.2 Å². The second kappa shape index (κ2) is 9.70. The van der Waals surface area contributed by atoms with Gasteiger partial charge in [0.25, 0.3) is 0 Å². The number of rotatable bonds is 8. The molecule has 1 aliphatic heterocycles. The summed E-state index contributed by atoms with van der Waals surface area (Å²) in [7, 11) is 0. The molecular formula is C14H26N4O2. The molecule has 0 spiro atoms. The number of hydrogen-bond donors (Lipinski definition) is 3. The van der Waals surface area contributed by atoms with Crippen molar-refractivity contribution in [2.75, 3.05) is 39.3 Å². The third-order valence-corrected chi connectivity index (χ3v) is 3.51. The highest BCUT2D eigenvalue weighted by atomic mass is 16.3. The third kappa shape index (κ3) is 7.43. The molecule has 0 radical (unpaired) electrons. The summed E-state index contributed by atoms with van der Waals surface area (Å²) in [4.78, 5) is 13.7. The molecule has 0 unspecified atom stereocenters. The van der Waals surface area contributed by atoms with Gasteiger partial charge in [0.2, 0.25) is 5.91 Å². The monoisotopic (exact) mass is 282 g/mol. The van der Waals surface area contributed by atoms with E-state index in [0.29, 0.717) is 25.4 Å².